The van der Waals surface area contributed by atoms with Crippen molar-refractivity contribution >= 4 is 44.8 Å². The molecule has 36 heavy (non-hydrogen) atoms. The van der Waals surface area contributed by atoms with Crippen molar-refractivity contribution in [2.75, 3.05) is 10.6 Å². The number of thiazole rings is 2. The van der Waals surface area contributed by atoms with Crippen molar-refractivity contribution in [2.24, 2.45) is 10.8 Å². The molecule has 0 aliphatic carbocycles. The lowest BCUT2D eigenvalue weighted by atomic mass is 9.96. The third-order valence-corrected chi connectivity index (χ3v) is 6.67. The van der Waals surface area contributed by atoms with Crippen molar-refractivity contribution in [2.45, 2.75) is 41.5 Å². The summed E-state index contributed by atoms with van der Waals surface area (Å²) in [5, 5.41) is 6.90. The fourth-order valence-electron chi connectivity index (χ4n) is 2.53. The number of nitrogens with zero attached hydrogens (tertiary/aromatic N) is 4. The second-order valence-electron chi connectivity index (χ2n) is 9.94. The second kappa shape index (κ2) is 11.5. The summed E-state index contributed by atoms with van der Waals surface area (Å²) < 4.78 is 0. The summed E-state index contributed by atoms with van der Waals surface area (Å²) in [5.41, 5.74) is 1.28. The number of carbonyl (C=O) groups is 2. The van der Waals surface area contributed by atoms with Crippen LogP contribution in [0, 0.1) is 10.8 Å². The molecule has 0 radical (unpaired) electrons. The molecule has 2 amide bonds. The number of hydrogen-bond donors (Lipinski definition) is 2. The van der Waals surface area contributed by atoms with E-state index in [2.05, 4.69) is 30.6 Å². The number of amides is 2. The SMILES string of the molecule is CC(C)(C)C(=O)Nc1ncc(-c2ccncc2)s1.CC(C)(C)C(=O)Nc1ncc(-c2ccncc2)s1. The Hall–Kier alpha value is -3.50. The predicted molar refractivity (Wildman–Crippen MR) is 147 cm³/mol. The number of anilines is 2. The molecule has 0 aliphatic heterocycles. The molecule has 2 N–H and O–H groups in total. The van der Waals surface area contributed by atoms with Crippen LogP contribution in [-0.4, -0.2) is 31.8 Å². The Morgan fingerprint density at radius 2 is 0.972 bits per heavy atom. The summed E-state index contributed by atoms with van der Waals surface area (Å²) in [6.45, 7) is 11.2. The Balaban J connectivity index is 0.000000201. The molecule has 188 valence electrons. The summed E-state index contributed by atoms with van der Waals surface area (Å²) >= 11 is 2.92. The Labute approximate surface area is 219 Å². The highest BCUT2D eigenvalue weighted by molar-refractivity contribution is 7.19. The minimum absolute atomic E-state index is 0.0295. The fourth-order valence-corrected chi connectivity index (χ4v) is 4.17. The molecule has 0 aromatic carbocycles. The molecular weight excluding hydrogens is 492 g/mol. The van der Waals surface area contributed by atoms with Crippen LogP contribution in [0.15, 0.2) is 61.4 Å². The molecule has 8 nitrogen and oxygen atoms in total. The third kappa shape index (κ3) is 7.76. The van der Waals surface area contributed by atoms with Crippen molar-refractivity contribution in [3.63, 3.8) is 0 Å². The van der Waals surface area contributed by atoms with Crippen LogP contribution in [0.4, 0.5) is 10.3 Å². The fraction of sp³-hybridized carbons (Fsp3) is 0.308. The molecule has 0 aliphatic rings. The summed E-state index contributed by atoms with van der Waals surface area (Å²) in [6, 6.07) is 7.68. The maximum atomic E-state index is 11.8. The molecule has 4 aromatic heterocycles. The minimum Gasteiger partial charge on any atom is -0.302 e. The van der Waals surface area contributed by atoms with Gasteiger partial charge in [0.05, 0.1) is 9.75 Å². The van der Waals surface area contributed by atoms with Gasteiger partial charge in [0, 0.05) is 48.0 Å². The molecule has 0 atom stereocenters. The van der Waals surface area contributed by atoms with E-state index in [4.69, 9.17) is 0 Å². The van der Waals surface area contributed by atoms with Crippen molar-refractivity contribution in [1.82, 2.24) is 19.9 Å². The standard InChI is InChI=1S/2C13H15N3OS/c2*1-13(2,3)11(17)16-12-15-8-10(18-12)9-4-6-14-7-5-9/h2*4-8H,1-3H3,(H,15,16,17). The van der Waals surface area contributed by atoms with E-state index < -0.39 is 10.8 Å². The van der Waals surface area contributed by atoms with E-state index in [1.54, 1.807) is 37.2 Å². The Bertz CT molecular complexity index is 1190. The van der Waals surface area contributed by atoms with E-state index in [1.165, 1.54) is 22.7 Å². The number of hydrogen-bond acceptors (Lipinski definition) is 8. The normalized spacial score (nSPS) is 11.3. The maximum Gasteiger partial charge on any atom is 0.231 e. The van der Waals surface area contributed by atoms with Crippen LogP contribution in [0.2, 0.25) is 0 Å². The van der Waals surface area contributed by atoms with Gasteiger partial charge in [0.1, 0.15) is 0 Å². The second-order valence-corrected chi connectivity index (χ2v) is 12.0. The first kappa shape index (κ1) is 27.1. The van der Waals surface area contributed by atoms with Crippen LogP contribution >= 0.6 is 22.7 Å². The zero-order valence-electron chi connectivity index (χ0n) is 21.2. The summed E-state index contributed by atoms with van der Waals surface area (Å²) in [4.78, 5) is 42.1. The van der Waals surface area contributed by atoms with Crippen LogP contribution in [0.1, 0.15) is 41.5 Å². The van der Waals surface area contributed by atoms with E-state index in [1.807, 2.05) is 65.8 Å². The van der Waals surface area contributed by atoms with Gasteiger partial charge in [-0.2, -0.15) is 0 Å². The van der Waals surface area contributed by atoms with Gasteiger partial charge in [-0.15, -0.1) is 0 Å². The summed E-state index contributed by atoms with van der Waals surface area (Å²) in [7, 11) is 0. The molecule has 0 saturated carbocycles. The smallest absolute Gasteiger partial charge is 0.231 e. The molecule has 0 bridgehead atoms. The zero-order valence-corrected chi connectivity index (χ0v) is 22.8. The van der Waals surface area contributed by atoms with Gasteiger partial charge < -0.3 is 10.6 Å². The van der Waals surface area contributed by atoms with Crippen LogP contribution < -0.4 is 10.6 Å². The largest absolute Gasteiger partial charge is 0.302 e. The molecule has 4 aromatic rings. The highest BCUT2D eigenvalue weighted by Gasteiger charge is 2.23. The number of nitrogens with one attached hydrogen (secondary N) is 2. The third-order valence-electron chi connectivity index (χ3n) is 4.74. The van der Waals surface area contributed by atoms with Crippen molar-refractivity contribution in [1.29, 1.82) is 0 Å². The average Bonchev–Trinajstić information content (AvgIpc) is 3.49. The Morgan fingerprint density at radius 1 is 0.639 bits per heavy atom. The van der Waals surface area contributed by atoms with Crippen LogP contribution in [0.25, 0.3) is 20.9 Å². The van der Waals surface area contributed by atoms with E-state index in [0.29, 0.717) is 10.3 Å². The first-order valence-electron chi connectivity index (χ1n) is 11.3. The highest BCUT2D eigenvalue weighted by Crippen LogP contribution is 2.30. The zero-order chi connectivity index (χ0) is 26.3. The number of carbonyl (C=O) groups excluding carboxylic acids is 2. The predicted octanol–water partition coefficient (Wildman–Crippen LogP) is 6.38. The lowest BCUT2D eigenvalue weighted by Gasteiger charge is -2.15. The quantitative estimate of drug-likeness (QED) is 0.322. The molecule has 0 saturated heterocycles. The average molecular weight is 523 g/mol. The van der Waals surface area contributed by atoms with Gasteiger partial charge in [-0.3, -0.25) is 19.6 Å². The lowest BCUT2D eigenvalue weighted by molar-refractivity contribution is -0.123. The lowest BCUT2D eigenvalue weighted by Crippen LogP contribution is -2.27. The molecule has 4 rings (SSSR count). The van der Waals surface area contributed by atoms with E-state index in [-0.39, 0.29) is 11.8 Å². The highest BCUT2D eigenvalue weighted by atomic mass is 32.1. The molecule has 0 spiro atoms. The summed E-state index contributed by atoms with van der Waals surface area (Å²) in [6.07, 6.45) is 10.5. The monoisotopic (exact) mass is 522 g/mol. The van der Waals surface area contributed by atoms with E-state index >= 15 is 0 Å². The van der Waals surface area contributed by atoms with Crippen LogP contribution in [0.3, 0.4) is 0 Å². The van der Waals surface area contributed by atoms with Gasteiger partial charge in [-0.05, 0) is 35.4 Å². The Kier molecular flexibility index (Phi) is 8.65. The van der Waals surface area contributed by atoms with Gasteiger partial charge in [-0.1, -0.05) is 64.2 Å². The Morgan fingerprint density at radius 3 is 1.28 bits per heavy atom. The number of rotatable bonds is 4. The van der Waals surface area contributed by atoms with Gasteiger partial charge in [0.2, 0.25) is 11.8 Å². The number of pyridine rings is 2. The van der Waals surface area contributed by atoms with Crippen molar-refractivity contribution < 1.29 is 9.59 Å². The molecule has 0 unspecified atom stereocenters. The maximum absolute atomic E-state index is 11.8. The summed E-state index contributed by atoms with van der Waals surface area (Å²) in [5.74, 6) is -0.0590. The van der Waals surface area contributed by atoms with Gasteiger partial charge in [0.15, 0.2) is 10.3 Å². The van der Waals surface area contributed by atoms with Crippen molar-refractivity contribution in [3.8, 4) is 20.9 Å². The molecular formula is C26H30N6O2S2. The first-order valence-corrected chi connectivity index (χ1v) is 12.9. The van der Waals surface area contributed by atoms with Gasteiger partial charge >= 0.3 is 0 Å². The number of aromatic nitrogens is 4. The van der Waals surface area contributed by atoms with E-state index in [9.17, 15) is 9.59 Å². The van der Waals surface area contributed by atoms with Gasteiger partial charge in [-0.25, -0.2) is 9.97 Å². The van der Waals surface area contributed by atoms with Crippen LogP contribution in [0.5, 0.6) is 0 Å². The molecule has 0 fully saturated rings. The molecule has 10 heteroatoms. The van der Waals surface area contributed by atoms with Gasteiger partial charge in [0.25, 0.3) is 0 Å². The molecule has 4 heterocycles. The van der Waals surface area contributed by atoms with E-state index in [0.717, 1.165) is 20.9 Å². The van der Waals surface area contributed by atoms with Crippen molar-refractivity contribution in [3.05, 3.63) is 61.4 Å². The van der Waals surface area contributed by atoms with Crippen LogP contribution in [-0.2, 0) is 9.59 Å². The first-order chi connectivity index (χ1) is 16.9. The minimum atomic E-state index is -0.414. The topological polar surface area (TPSA) is 110 Å².